The number of thiophene rings is 1. The first-order valence-corrected chi connectivity index (χ1v) is 9.99. The lowest BCUT2D eigenvalue weighted by atomic mass is 10.1. The second-order valence-electron chi connectivity index (χ2n) is 7.02. The number of fused-ring (bicyclic) bond motifs is 1. The number of benzene rings is 1. The van der Waals surface area contributed by atoms with E-state index in [0.29, 0.717) is 26.3 Å². The van der Waals surface area contributed by atoms with E-state index in [9.17, 15) is 19.7 Å². The summed E-state index contributed by atoms with van der Waals surface area (Å²) in [6.45, 7) is 5.58. The van der Waals surface area contributed by atoms with Crippen molar-refractivity contribution in [1.82, 2.24) is 24.7 Å². The van der Waals surface area contributed by atoms with E-state index in [4.69, 9.17) is 0 Å². The van der Waals surface area contributed by atoms with Crippen LogP contribution in [0, 0.1) is 30.9 Å². The van der Waals surface area contributed by atoms with Crippen molar-refractivity contribution in [3.05, 3.63) is 72.4 Å². The van der Waals surface area contributed by atoms with E-state index in [1.807, 2.05) is 32.0 Å². The van der Waals surface area contributed by atoms with Crippen LogP contribution < -0.4 is 10.9 Å². The Hall–Kier alpha value is -3.93. The molecule has 1 aromatic carbocycles. The van der Waals surface area contributed by atoms with E-state index in [1.165, 1.54) is 11.0 Å². The molecule has 4 aromatic rings. The molecule has 0 aliphatic heterocycles. The van der Waals surface area contributed by atoms with Crippen molar-refractivity contribution in [2.24, 2.45) is 0 Å². The smallest absolute Gasteiger partial charge is 0.390 e. The summed E-state index contributed by atoms with van der Waals surface area (Å²) in [5.41, 5.74) is 2.87. The van der Waals surface area contributed by atoms with Crippen LogP contribution in [0.5, 0.6) is 0 Å². The van der Waals surface area contributed by atoms with Crippen molar-refractivity contribution in [2.45, 2.75) is 27.3 Å². The van der Waals surface area contributed by atoms with Crippen LogP contribution in [0.3, 0.4) is 0 Å². The first-order chi connectivity index (χ1) is 14.7. The van der Waals surface area contributed by atoms with Crippen molar-refractivity contribution in [1.29, 1.82) is 0 Å². The standard InChI is InChI=1S/C19H17N7O4S/c1-9-4-5-12(10(2)6-9)21-17(28)15-11(3)14-16(27)22-13(23-18(14)31-15)7-25-8-20-19(24-25)26(29)30/h4-6,8H,7H2,1-3H3,(H,21,28)(H,22,23,27). The van der Waals surface area contributed by atoms with Crippen LogP contribution in [-0.2, 0) is 6.54 Å². The van der Waals surface area contributed by atoms with Crippen molar-refractivity contribution in [2.75, 3.05) is 5.32 Å². The zero-order valence-electron chi connectivity index (χ0n) is 16.8. The Morgan fingerprint density at radius 1 is 1.32 bits per heavy atom. The average molecular weight is 439 g/mol. The van der Waals surface area contributed by atoms with E-state index in [1.54, 1.807) is 6.92 Å². The molecular formula is C19H17N7O4S. The fraction of sp³-hybridized carbons (Fsp3) is 0.211. The minimum atomic E-state index is -0.709. The van der Waals surface area contributed by atoms with Crippen LogP contribution in [0.2, 0.25) is 0 Å². The van der Waals surface area contributed by atoms with Crippen LogP contribution in [0.4, 0.5) is 11.6 Å². The van der Waals surface area contributed by atoms with Gasteiger partial charge in [0.2, 0.25) is 6.33 Å². The van der Waals surface area contributed by atoms with Gasteiger partial charge in [0, 0.05) is 10.8 Å². The van der Waals surface area contributed by atoms with Crippen LogP contribution in [0.15, 0.2) is 29.3 Å². The SMILES string of the molecule is Cc1ccc(NC(=O)c2sc3nc(Cn4cnc([N+](=O)[O-])n4)[nH]c(=O)c3c2C)c(C)c1. The molecule has 3 aromatic heterocycles. The summed E-state index contributed by atoms with van der Waals surface area (Å²) in [6, 6.07) is 5.72. The number of carbonyl (C=O) groups is 1. The van der Waals surface area contributed by atoms with Crippen molar-refractivity contribution in [3.8, 4) is 0 Å². The lowest BCUT2D eigenvalue weighted by Crippen LogP contribution is -2.15. The fourth-order valence-electron chi connectivity index (χ4n) is 3.21. The molecule has 11 nitrogen and oxygen atoms in total. The molecule has 31 heavy (non-hydrogen) atoms. The Labute approximate surface area is 178 Å². The van der Waals surface area contributed by atoms with E-state index >= 15 is 0 Å². The minimum absolute atomic E-state index is 0.00689. The van der Waals surface area contributed by atoms with Crippen LogP contribution in [0.1, 0.15) is 32.2 Å². The number of nitrogens with zero attached hydrogens (tertiary/aromatic N) is 5. The fourth-order valence-corrected chi connectivity index (χ4v) is 4.31. The number of amides is 1. The van der Waals surface area contributed by atoms with E-state index in [2.05, 4.69) is 25.4 Å². The molecule has 0 saturated carbocycles. The Balaban J connectivity index is 1.65. The molecule has 0 aliphatic carbocycles. The lowest BCUT2D eigenvalue weighted by molar-refractivity contribution is -0.394. The summed E-state index contributed by atoms with van der Waals surface area (Å²) in [4.78, 5) is 46.9. The highest BCUT2D eigenvalue weighted by molar-refractivity contribution is 7.20. The number of aromatic nitrogens is 5. The third-order valence-corrected chi connectivity index (χ3v) is 5.87. The van der Waals surface area contributed by atoms with Gasteiger partial charge < -0.3 is 20.4 Å². The van der Waals surface area contributed by atoms with Crippen molar-refractivity contribution >= 4 is 39.1 Å². The number of aromatic amines is 1. The maximum Gasteiger partial charge on any atom is 0.490 e. The number of rotatable bonds is 5. The molecule has 12 heteroatoms. The quantitative estimate of drug-likeness (QED) is 0.359. The molecule has 0 radical (unpaired) electrons. The largest absolute Gasteiger partial charge is 0.490 e. The van der Waals surface area contributed by atoms with Gasteiger partial charge >= 0.3 is 5.95 Å². The predicted octanol–water partition coefficient (Wildman–Crippen LogP) is 2.71. The highest BCUT2D eigenvalue weighted by Gasteiger charge is 2.21. The van der Waals surface area contributed by atoms with E-state index in [0.717, 1.165) is 22.5 Å². The van der Waals surface area contributed by atoms with Gasteiger partial charge in [-0.15, -0.1) is 11.3 Å². The topological polar surface area (TPSA) is 149 Å². The van der Waals surface area contributed by atoms with Crippen LogP contribution in [0.25, 0.3) is 10.2 Å². The first-order valence-electron chi connectivity index (χ1n) is 9.17. The maximum absolute atomic E-state index is 12.9. The number of H-pyrrole nitrogens is 1. The molecule has 0 spiro atoms. The summed E-state index contributed by atoms with van der Waals surface area (Å²) in [5, 5.41) is 17.7. The van der Waals surface area contributed by atoms with E-state index in [-0.39, 0.29) is 18.3 Å². The Morgan fingerprint density at radius 2 is 2.10 bits per heavy atom. The van der Waals surface area contributed by atoms with Gasteiger partial charge in [-0.3, -0.25) is 9.59 Å². The first kappa shape index (κ1) is 20.3. The number of aryl methyl sites for hydroxylation is 3. The molecule has 0 bridgehead atoms. The molecule has 0 saturated heterocycles. The molecule has 0 atom stereocenters. The van der Waals surface area contributed by atoms with Gasteiger partial charge in [-0.2, -0.15) is 4.68 Å². The second-order valence-corrected chi connectivity index (χ2v) is 8.02. The summed E-state index contributed by atoms with van der Waals surface area (Å²) in [6.07, 6.45) is 1.19. The highest BCUT2D eigenvalue weighted by Crippen LogP contribution is 2.28. The number of hydrogen-bond acceptors (Lipinski definition) is 8. The van der Waals surface area contributed by atoms with Crippen LogP contribution >= 0.6 is 11.3 Å². The van der Waals surface area contributed by atoms with Gasteiger partial charge in [0.25, 0.3) is 11.5 Å². The second kappa shape index (κ2) is 7.72. The van der Waals surface area contributed by atoms with Crippen LogP contribution in [-0.4, -0.2) is 35.6 Å². The summed E-state index contributed by atoms with van der Waals surface area (Å²) >= 11 is 1.11. The summed E-state index contributed by atoms with van der Waals surface area (Å²) in [5.74, 6) is -0.610. The molecule has 4 rings (SSSR count). The Kier molecular flexibility index (Phi) is 5.07. The predicted molar refractivity (Wildman–Crippen MR) is 115 cm³/mol. The van der Waals surface area contributed by atoms with Crippen molar-refractivity contribution < 1.29 is 9.72 Å². The van der Waals surface area contributed by atoms with Gasteiger partial charge in [-0.1, -0.05) is 22.7 Å². The molecule has 158 valence electrons. The highest BCUT2D eigenvalue weighted by atomic mass is 32.1. The number of carbonyl (C=O) groups excluding carboxylic acids is 1. The maximum atomic E-state index is 12.9. The normalized spacial score (nSPS) is 11.1. The Morgan fingerprint density at radius 3 is 2.77 bits per heavy atom. The molecule has 0 unspecified atom stereocenters. The Bertz CT molecular complexity index is 1400. The zero-order valence-corrected chi connectivity index (χ0v) is 17.6. The molecule has 1 amide bonds. The molecule has 0 aliphatic rings. The summed E-state index contributed by atoms with van der Waals surface area (Å²) in [7, 11) is 0. The number of nitrogens with one attached hydrogen (secondary N) is 2. The number of nitro groups is 1. The molecule has 2 N–H and O–H groups in total. The third-order valence-electron chi connectivity index (χ3n) is 4.69. The molecule has 0 fully saturated rings. The van der Waals surface area contributed by atoms with Gasteiger partial charge in [0.05, 0.1) is 10.3 Å². The monoisotopic (exact) mass is 439 g/mol. The van der Waals surface area contributed by atoms with Gasteiger partial charge in [0.1, 0.15) is 17.2 Å². The van der Waals surface area contributed by atoms with Gasteiger partial charge in [-0.25, -0.2) is 4.98 Å². The lowest BCUT2D eigenvalue weighted by Gasteiger charge is -2.08. The summed E-state index contributed by atoms with van der Waals surface area (Å²) < 4.78 is 1.20. The van der Waals surface area contributed by atoms with Crippen molar-refractivity contribution in [3.63, 3.8) is 0 Å². The van der Waals surface area contributed by atoms with Gasteiger partial charge in [-0.05, 0) is 42.9 Å². The van der Waals surface area contributed by atoms with Gasteiger partial charge in [0.15, 0.2) is 0 Å². The van der Waals surface area contributed by atoms with E-state index < -0.39 is 16.4 Å². The average Bonchev–Trinajstić information content (AvgIpc) is 3.29. The number of anilines is 1. The molecular weight excluding hydrogens is 422 g/mol. The number of hydrogen-bond donors (Lipinski definition) is 2. The minimum Gasteiger partial charge on any atom is -0.390 e. The third kappa shape index (κ3) is 3.92. The molecule has 3 heterocycles. The zero-order chi connectivity index (χ0) is 22.3.